The summed E-state index contributed by atoms with van der Waals surface area (Å²) in [7, 11) is 2.04. The highest BCUT2D eigenvalue weighted by Crippen LogP contribution is 2.27. The third-order valence-corrected chi connectivity index (χ3v) is 7.35. The molecule has 0 amide bonds. The Morgan fingerprint density at radius 3 is 2.77 bits per heavy atom. The van der Waals surface area contributed by atoms with Gasteiger partial charge < -0.3 is 19.5 Å². The molecule has 5 rings (SSSR count). The Hall–Kier alpha value is -2.83. The molecule has 1 aromatic heterocycles. The van der Waals surface area contributed by atoms with Crippen LogP contribution in [0.4, 0.5) is 0 Å². The van der Waals surface area contributed by atoms with Crippen LogP contribution in [0.15, 0.2) is 53.5 Å². The molecule has 1 saturated carbocycles. The summed E-state index contributed by atoms with van der Waals surface area (Å²) in [6.45, 7) is 3.41. The Morgan fingerprint density at radius 2 is 1.97 bits per heavy atom. The van der Waals surface area contributed by atoms with Gasteiger partial charge in [-0.15, -0.1) is 0 Å². The Balaban J connectivity index is 0.00000304. The van der Waals surface area contributed by atoms with Crippen molar-refractivity contribution in [2.24, 2.45) is 0 Å². The summed E-state index contributed by atoms with van der Waals surface area (Å²) in [5, 5.41) is 4.97. The number of fused-ring (bicyclic) bond motifs is 1. The number of rotatable bonds is 7. The molecule has 2 heterocycles. The highest BCUT2D eigenvalue weighted by Gasteiger charge is 2.21. The van der Waals surface area contributed by atoms with Crippen LogP contribution in [0.1, 0.15) is 51.9 Å². The predicted octanol–water partition coefficient (Wildman–Crippen LogP) is 5.40. The number of hydrogen-bond donors (Lipinski definition) is 1. The first-order valence-electron chi connectivity index (χ1n) is 13.0. The van der Waals surface area contributed by atoms with Crippen molar-refractivity contribution in [1.29, 1.82) is 0 Å². The molecule has 3 aromatic rings. The fraction of sp³-hybridized carbons (Fsp3) is 0.483. The van der Waals surface area contributed by atoms with Crippen molar-refractivity contribution in [2.45, 2.75) is 70.1 Å². The summed E-state index contributed by atoms with van der Waals surface area (Å²) >= 11 is 0. The van der Waals surface area contributed by atoms with E-state index in [-0.39, 0.29) is 19.2 Å². The molecule has 6 nitrogen and oxygen atoms in total. The van der Waals surface area contributed by atoms with Crippen molar-refractivity contribution in [2.75, 3.05) is 20.3 Å². The molecule has 1 saturated heterocycles. The normalized spacial score (nSPS) is 22.7. The molecule has 2 aromatic carbocycles. The quantitative estimate of drug-likeness (QED) is 0.461. The lowest BCUT2D eigenvalue weighted by Crippen LogP contribution is -2.30. The zero-order valence-electron chi connectivity index (χ0n) is 20.8. The average Bonchev–Trinajstić information content (AvgIpc) is 3.29. The van der Waals surface area contributed by atoms with Crippen LogP contribution >= 0.6 is 0 Å². The van der Waals surface area contributed by atoms with Crippen molar-refractivity contribution in [3.8, 4) is 17.2 Å². The van der Waals surface area contributed by atoms with Gasteiger partial charge in [-0.2, -0.15) is 0 Å². The second-order valence-corrected chi connectivity index (χ2v) is 9.88. The van der Waals surface area contributed by atoms with Crippen LogP contribution < -0.4 is 20.3 Å². The zero-order valence-corrected chi connectivity index (χ0v) is 20.8. The molecule has 35 heavy (non-hydrogen) atoms. The van der Waals surface area contributed by atoms with Crippen molar-refractivity contribution in [3.05, 3.63) is 64.6 Å². The number of ether oxygens (including phenoxy) is 3. The first kappa shape index (κ1) is 23.9. The molecule has 0 bridgehead atoms. The van der Waals surface area contributed by atoms with E-state index in [9.17, 15) is 4.79 Å². The lowest BCUT2D eigenvalue weighted by Gasteiger charge is -2.22. The van der Waals surface area contributed by atoms with Gasteiger partial charge in [-0.05, 0) is 106 Å². The van der Waals surface area contributed by atoms with E-state index in [2.05, 4.69) is 12.2 Å². The summed E-state index contributed by atoms with van der Waals surface area (Å²) in [5.74, 6) is 1.67. The van der Waals surface area contributed by atoms with Gasteiger partial charge in [0.15, 0.2) is 0 Å². The monoisotopic (exact) mass is 478 g/mol. The van der Waals surface area contributed by atoms with Crippen LogP contribution in [-0.4, -0.2) is 43.1 Å². The Morgan fingerprint density at radius 1 is 1.09 bits per heavy atom. The first-order chi connectivity index (χ1) is 17.1. The second kappa shape index (κ2) is 10.8. The lowest BCUT2D eigenvalue weighted by atomic mass is 10.1. The van der Waals surface area contributed by atoms with E-state index < -0.39 is 0 Å². The Bertz CT molecular complexity index is 1220. The molecule has 1 unspecified atom stereocenters. The summed E-state index contributed by atoms with van der Waals surface area (Å²) in [6.07, 6.45) is 10.1. The fourth-order valence-corrected chi connectivity index (χ4v) is 5.26. The molecule has 6 heteroatoms. The standard InChI is InChI=1S/C29H36N2O4.H2/c1-20-16-23(9-12-28(20)35-25-7-4-3-6-22(18-25)30-2)31-14-13-21-17-24(10-11-27(21)29(31)32)34-19-26-8-5-15-33-26;/h9-14,16-17,22,25-26,30H,3-8,15,18-19H2,1-2H3;1H/t22?,25-,26+;/m0./s1. The molecular weight excluding hydrogens is 440 g/mol. The fourth-order valence-electron chi connectivity index (χ4n) is 5.26. The highest BCUT2D eigenvalue weighted by molar-refractivity contribution is 5.83. The van der Waals surface area contributed by atoms with Gasteiger partial charge in [-0.25, -0.2) is 0 Å². The summed E-state index contributed by atoms with van der Waals surface area (Å²) < 4.78 is 19.7. The van der Waals surface area contributed by atoms with Gasteiger partial charge in [0.2, 0.25) is 0 Å². The molecule has 1 aliphatic heterocycles. The summed E-state index contributed by atoms with van der Waals surface area (Å²) in [5.41, 5.74) is 1.84. The van der Waals surface area contributed by atoms with Gasteiger partial charge in [0, 0.05) is 31.3 Å². The molecule has 188 valence electrons. The molecule has 2 aliphatic rings. The van der Waals surface area contributed by atoms with Crippen LogP contribution in [0, 0.1) is 6.92 Å². The van der Waals surface area contributed by atoms with E-state index in [0.29, 0.717) is 18.0 Å². The number of nitrogens with one attached hydrogen (secondary N) is 1. The topological polar surface area (TPSA) is 61.7 Å². The molecule has 1 N–H and O–H groups in total. The minimum Gasteiger partial charge on any atom is -0.491 e. The van der Waals surface area contributed by atoms with Crippen molar-refractivity contribution >= 4 is 10.8 Å². The zero-order chi connectivity index (χ0) is 24.2. The molecule has 0 radical (unpaired) electrons. The van der Waals surface area contributed by atoms with E-state index in [1.807, 2.05) is 55.7 Å². The van der Waals surface area contributed by atoms with Gasteiger partial charge in [-0.1, -0.05) is 6.42 Å². The van der Waals surface area contributed by atoms with E-state index in [1.165, 1.54) is 19.3 Å². The predicted molar refractivity (Wildman–Crippen MR) is 141 cm³/mol. The third kappa shape index (κ3) is 5.54. The molecule has 1 aliphatic carbocycles. The second-order valence-electron chi connectivity index (χ2n) is 9.88. The van der Waals surface area contributed by atoms with Gasteiger partial charge in [0.1, 0.15) is 24.2 Å². The summed E-state index contributed by atoms with van der Waals surface area (Å²) in [4.78, 5) is 13.3. The number of aromatic nitrogens is 1. The van der Waals surface area contributed by atoms with Crippen LogP contribution in [0.25, 0.3) is 16.5 Å². The maximum Gasteiger partial charge on any atom is 0.262 e. The van der Waals surface area contributed by atoms with Gasteiger partial charge in [0.05, 0.1) is 6.10 Å². The van der Waals surface area contributed by atoms with Crippen molar-refractivity contribution < 1.29 is 15.6 Å². The van der Waals surface area contributed by atoms with Crippen molar-refractivity contribution in [3.63, 3.8) is 0 Å². The van der Waals surface area contributed by atoms with Crippen LogP contribution in [0.5, 0.6) is 11.5 Å². The number of nitrogens with zero attached hydrogens (tertiary/aromatic N) is 1. The Labute approximate surface area is 208 Å². The molecular formula is C29H38N2O4. The maximum absolute atomic E-state index is 13.3. The van der Waals surface area contributed by atoms with Gasteiger partial charge in [0.25, 0.3) is 5.56 Å². The minimum atomic E-state index is -0.0399. The van der Waals surface area contributed by atoms with E-state index in [4.69, 9.17) is 14.2 Å². The smallest absolute Gasteiger partial charge is 0.262 e. The van der Waals surface area contributed by atoms with E-state index >= 15 is 0 Å². The Kier molecular flexibility index (Phi) is 7.40. The third-order valence-electron chi connectivity index (χ3n) is 7.35. The van der Waals surface area contributed by atoms with Crippen LogP contribution in [0.2, 0.25) is 0 Å². The maximum atomic E-state index is 13.3. The SMILES string of the molecule is CNC1CCCC[C@H](Oc2ccc(-n3ccc4cc(OC[C@H]5CCCO5)ccc4c3=O)cc2C)C1.[HH]. The van der Waals surface area contributed by atoms with E-state index in [1.54, 1.807) is 4.57 Å². The first-order valence-corrected chi connectivity index (χ1v) is 13.0. The lowest BCUT2D eigenvalue weighted by molar-refractivity contribution is 0.0680. The largest absolute Gasteiger partial charge is 0.491 e. The van der Waals surface area contributed by atoms with Crippen LogP contribution in [-0.2, 0) is 4.74 Å². The minimum absolute atomic E-state index is 0. The highest BCUT2D eigenvalue weighted by atomic mass is 16.5. The number of hydrogen-bond acceptors (Lipinski definition) is 5. The average molecular weight is 479 g/mol. The van der Waals surface area contributed by atoms with Crippen LogP contribution in [0.3, 0.4) is 0 Å². The molecule has 2 fully saturated rings. The summed E-state index contributed by atoms with van der Waals surface area (Å²) in [6, 6.07) is 14.2. The molecule has 3 atom stereocenters. The van der Waals surface area contributed by atoms with Gasteiger partial charge in [-0.3, -0.25) is 9.36 Å². The van der Waals surface area contributed by atoms with E-state index in [0.717, 1.165) is 60.4 Å². The molecule has 0 spiro atoms. The number of pyridine rings is 1. The number of aryl methyl sites for hydroxylation is 1. The number of benzene rings is 2. The van der Waals surface area contributed by atoms with Crippen molar-refractivity contribution in [1.82, 2.24) is 9.88 Å². The van der Waals surface area contributed by atoms with Gasteiger partial charge >= 0.3 is 0 Å².